The second kappa shape index (κ2) is 6.29. The van der Waals surface area contributed by atoms with Crippen molar-refractivity contribution in [3.63, 3.8) is 0 Å². The predicted octanol–water partition coefficient (Wildman–Crippen LogP) is 2.78. The first-order valence-corrected chi connectivity index (χ1v) is 8.36. The van der Waals surface area contributed by atoms with Crippen molar-refractivity contribution in [2.75, 3.05) is 26.7 Å². The second-order valence-electron chi connectivity index (χ2n) is 5.84. The third kappa shape index (κ3) is 3.33. The molecule has 1 aromatic carbocycles. The lowest BCUT2D eigenvalue weighted by Crippen LogP contribution is -2.44. The van der Waals surface area contributed by atoms with E-state index in [0.29, 0.717) is 0 Å². The number of fused-ring (bicyclic) bond motifs is 1. The lowest BCUT2D eigenvalue weighted by Gasteiger charge is -2.32. The van der Waals surface area contributed by atoms with E-state index in [1.807, 2.05) is 11.8 Å². The maximum absolute atomic E-state index is 3.70. The largest absolute Gasteiger partial charge is 0.314 e. The number of piperidine rings is 1. The molecule has 2 unspecified atom stereocenters. The van der Waals surface area contributed by atoms with Crippen LogP contribution in [0.5, 0.6) is 0 Å². The van der Waals surface area contributed by atoms with E-state index in [1.54, 1.807) is 0 Å². The minimum absolute atomic E-state index is 0.728. The van der Waals surface area contributed by atoms with Gasteiger partial charge < -0.3 is 10.2 Å². The van der Waals surface area contributed by atoms with Gasteiger partial charge in [0.25, 0.3) is 0 Å². The Bertz CT molecular complexity index is 396. The van der Waals surface area contributed by atoms with Gasteiger partial charge in [-0.3, -0.25) is 0 Å². The summed E-state index contributed by atoms with van der Waals surface area (Å²) in [6.07, 6.45) is 5.37. The molecule has 104 valence electrons. The Kier molecular flexibility index (Phi) is 4.46. The number of rotatable bonds is 4. The van der Waals surface area contributed by atoms with E-state index in [2.05, 4.69) is 41.5 Å². The van der Waals surface area contributed by atoms with Gasteiger partial charge in [0.05, 0.1) is 0 Å². The highest BCUT2D eigenvalue weighted by Crippen LogP contribution is 2.36. The maximum Gasteiger partial charge on any atom is 0.0260 e. The summed E-state index contributed by atoms with van der Waals surface area (Å²) in [5.74, 6) is 0. The second-order valence-corrected chi connectivity index (χ2v) is 7.18. The van der Waals surface area contributed by atoms with E-state index >= 15 is 0 Å². The van der Waals surface area contributed by atoms with Gasteiger partial charge in [0.1, 0.15) is 0 Å². The summed E-state index contributed by atoms with van der Waals surface area (Å²) in [5, 5.41) is 4.43. The van der Waals surface area contributed by atoms with Crippen molar-refractivity contribution < 1.29 is 0 Å². The van der Waals surface area contributed by atoms with Crippen molar-refractivity contribution in [3.8, 4) is 0 Å². The van der Waals surface area contributed by atoms with Crippen molar-refractivity contribution in [3.05, 3.63) is 29.8 Å². The van der Waals surface area contributed by atoms with Crippen LogP contribution < -0.4 is 5.32 Å². The minimum atomic E-state index is 0.728. The SMILES string of the molecule is CN1CCCCC1CNCC1Cc2ccccc2S1. The molecule has 2 nitrogen and oxygen atoms in total. The van der Waals surface area contributed by atoms with Gasteiger partial charge in [-0.05, 0) is 44.5 Å². The van der Waals surface area contributed by atoms with E-state index in [0.717, 1.165) is 24.4 Å². The van der Waals surface area contributed by atoms with Gasteiger partial charge in [0, 0.05) is 29.3 Å². The zero-order valence-corrected chi connectivity index (χ0v) is 12.6. The lowest BCUT2D eigenvalue weighted by atomic mass is 10.0. The molecule has 2 aliphatic heterocycles. The van der Waals surface area contributed by atoms with Crippen molar-refractivity contribution >= 4 is 11.8 Å². The Morgan fingerprint density at radius 1 is 1.26 bits per heavy atom. The van der Waals surface area contributed by atoms with Gasteiger partial charge >= 0.3 is 0 Å². The van der Waals surface area contributed by atoms with Crippen LogP contribution in [0.3, 0.4) is 0 Å². The molecule has 0 aromatic heterocycles. The van der Waals surface area contributed by atoms with Gasteiger partial charge in [0.15, 0.2) is 0 Å². The number of benzene rings is 1. The molecular formula is C16H24N2S. The van der Waals surface area contributed by atoms with Crippen LogP contribution in [0, 0.1) is 0 Å². The van der Waals surface area contributed by atoms with Crippen LogP contribution in [0.25, 0.3) is 0 Å². The molecule has 0 bridgehead atoms. The molecule has 2 atom stereocenters. The van der Waals surface area contributed by atoms with E-state index in [4.69, 9.17) is 0 Å². The fourth-order valence-electron chi connectivity index (χ4n) is 3.18. The molecule has 3 heteroatoms. The predicted molar refractivity (Wildman–Crippen MR) is 82.9 cm³/mol. The van der Waals surface area contributed by atoms with Crippen LogP contribution in [0.4, 0.5) is 0 Å². The molecule has 1 fully saturated rings. The van der Waals surface area contributed by atoms with Crippen molar-refractivity contribution in [2.24, 2.45) is 0 Å². The van der Waals surface area contributed by atoms with Crippen molar-refractivity contribution in [2.45, 2.75) is 41.9 Å². The molecule has 3 rings (SSSR count). The molecular weight excluding hydrogens is 252 g/mol. The van der Waals surface area contributed by atoms with Crippen molar-refractivity contribution in [1.29, 1.82) is 0 Å². The summed E-state index contributed by atoms with van der Waals surface area (Å²) in [5.41, 5.74) is 1.54. The Morgan fingerprint density at radius 2 is 2.16 bits per heavy atom. The molecule has 0 saturated carbocycles. The van der Waals surface area contributed by atoms with E-state index in [9.17, 15) is 0 Å². The molecule has 0 spiro atoms. The lowest BCUT2D eigenvalue weighted by molar-refractivity contribution is 0.182. The molecule has 2 aliphatic rings. The highest BCUT2D eigenvalue weighted by Gasteiger charge is 2.22. The van der Waals surface area contributed by atoms with Gasteiger partial charge in [0.2, 0.25) is 0 Å². The summed E-state index contributed by atoms with van der Waals surface area (Å²) in [6, 6.07) is 9.60. The highest BCUT2D eigenvalue weighted by atomic mass is 32.2. The average molecular weight is 276 g/mol. The fourth-order valence-corrected chi connectivity index (χ4v) is 4.46. The Labute approximate surface area is 121 Å². The quantitative estimate of drug-likeness (QED) is 0.910. The zero-order chi connectivity index (χ0) is 13.1. The summed E-state index contributed by atoms with van der Waals surface area (Å²) < 4.78 is 0. The minimum Gasteiger partial charge on any atom is -0.314 e. The van der Waals surface area contributed by atoms with Crippen LogP contribution in [0.1, 0.15) is 24.8 Å². The van der Waals surface area contributed by atoms with Gasteiger partial charge in [-0.1, -0.05) is 24.6 Å². The van der Waals surface area contributed by atoms with Gasteiger partial charge in [-0.2, -0.15) is 0 Å². The molecule has 19 heavy (non-hydrogen) atoms. The molecule has 1 N–H and O–H groups in total. The molecule has 0 radical (unpaired) electrons. The number of likely N-dealkylation sites (N-methyl/N-ethyl adjacent to an activating group) is 1. The first-order valence-electron chi connectivity index (χ1n) is 7.48. The van der Waals surface area contributed by atoms with Crippen LogP contribution in [0.2, 0.25) is 0 Å². The first kappa shape index (κ1) is 13.5. The Morgan fingerprint density at radius 3 is 3.00 bits per heavy atom. The molecule has 0 amide bonds. The van der Waals surface area contributed by atoms with E-state index < -0.39 is 0 Å². The molecule has 1 saturated heterocycles. The van der Waals surface area contributed by atoms with Crippen molar-refractivity contribution in [1.82, 2.24) is 10.2 Å². The van der Waals surface area contributed by atoms with E-state index in [-0.39, 0.29) is 0 Å². The number of hydrogen-bond donors (Lipinski definition) is 1. The zero-order valence-electron chi connectivity index (χ0n) is 11.8. The normalized spacial score (nSPS) is 27.4. The van der Waals surface area contributed by atoms with Crippen LogP contribution in [0.15, 0.2) is 29.2 Å². The number of hydrogen-bond acceptors (Lipinski definition) is 3. The summed E-state index contributed by atoms with van der Waals surface area (Å²) >= 11 is 2.05. The standard InChI is InChI=1S/C16H24N2S/c1-18-9-5-4-7-14(18)11-17-12-15-10-13-6-2-3-8-16(13)19-15/h2-3,6,8,14-15,17H,4-5,7,9-12H2,1H3. The average Bonchev–Trinajstić information content (AvgIpc) is 2.83. The van der Waals surface area contributed by atoms with Gasteiger partial charge in [-0.25, -0.2) is 0 Å². The summed E-state index contributed by atoms with van der Waals surface area (Å²) in [4.78, 5) is 4.01. The number of likely N-dealkylation sites (tertiary alicyclic amines) is 1. The number of thioether (sulfide) groups is 1. The fraction of sp³-hybridized carbons (Fsp3) is 0.625. The molecule has 0 aliphatic carbocycles. The van der Waals surface area contributed by atoms with Crippen LogP contribution >= 0.6 is 11.8 Å². The van der Waals surface area contributed by atoms with Gasteiger partial charge in [-0.15, -0.1) is 11.8 Å². The summed E-state index contributed by atoms with van der Waals surface area (Å²) in [6.45, 7) is 3.57. The molecule has 2 heterocycles. The van der Waals surface area contributed by atoms with Crippen LogP contribution in [-0.4, -0.2) is 42.9 Å². The third-order valence-electron chi connectivity index (χ3n) is 4.39. The third-order valence-corrected chi connectivity index (χ3v) is 5.71. The maximum atomic E-state index is 3.70. The number of nitrogens with zero attached hydrogens (tertiary/aromatic N) is 1. The van der Waals surface area contributed by atoms with E-state index in [1.165, 1.54) is 42.7 Å². The highest BCUT2D eigenvalue weighted by molar-refractivity contribution is 8.00. The summed E-state index contributed by atoms with van der Waals surface area (Å²) in [7, 11) is 2.27. The van der Waals surface area contributed by atoms with Crippen LogP contribution in [-0.2, 0) is 6.42 Å². The number of nitrogens with one attached hydrogen (secondary N) is 1. The molecule has 1 aromatic rings. The smallest absolute Gasteiger partial charge is 0.0260 e. The monoisotopic (exact) mass is 276 g/mol. The Hall–Kier alpha value is -0.510. The first-order chi connectivity index (χ1) is 9.33. The topological polar surface area (TPSA) is 15.3 Å². The Balaban J connectivity index is 1.42.